The third kappa shape index (κ3) is 5.31. The molecular weight excluding hydrogens is 213 g/mol. The quantitative estimate of drug-likeness (QED) is 0.314. The molecule has 0 aromatic carbocycles. The van der Waals surface area contributed by atoms with Gasteiger partial charge in [0.15, 0.2) is 0 Å². The molecular formula is C6H14NO6P. The van der Waals surface area contributed by atoms with Crippen LogP contribution in [0.2, 0.25) is 0 Å². The summed E-state index contributed by atoms with van der Waals surface area (Å²) in [5.41, 5.74) is 0. The Bertz CT molecular complexity index is 210. The van der Waals surface area contributed by atoms with Crippen molar-refractivity contribution in [3.63, 3.8) is 0 Å². The van der Waals surface area contributed by atoms with Crippen molar-refractivity contribution in [2.45, 2.75) is 12.1 Å². The summed E-state index contributed by atoms with van der Waals surface area (Å²) < 4.78 is 11.1. The van der Waals surface area contributed by atoms with Crippen molar-refractivity contribution in [1.82, 2.24) is 5.09 Å². The van der Waals surface area contributed by atoms with E-state index in [0.29, 0.717) is 0 Å². The number of aliphatic hydroxyl groups excluding tert-OH is 3. The molecule has 0 rings (SSSR count). The third-order valence-electron chi connectivity index (χ3n) is 1.45. The van der Waals surface area contributed by atoms with Crippen LogP contribution >= 0.6 is 7.95 Å². The number of hydrogen-bond acceptors (Lipinski definition) is 5. The lowest BCUT2D eigenvalue weighted by atomic mass is 10.3. The molecule has 0 spiro atoms. The number of carboxylic acids is 1. The van der Waals surface area contributed by atoms with Gasteiger partial charge in [0, 0.05) is 6.16 Å². The van der Waals surface area contributed by atoms with Crippen molar-refractivity contribution < 1.29 is 29.8 Å². The number of aliphatic carboxylic acids is 1. The molecule has 0 aromatic heterocycles. The van der Waals surface area contributed by atoms with E-state index in [1.54, 1.807) is 0 Å². The number of rotatable bonds is 7. The molecule has 14 heavy (non-hydrogen) atoms. The molecule has 0 fully saturated rings. The molecule has 5 N–H and O–H groups in total. The minimum absolute atomic E-state index is 0.217. The highest BCUT2D eigenvalue weighted by Gasteiger charge is 2.19. The van der Waals surface area contributed by atoms with Gasteiger partial charge in [0.05, 0.1) is 19.3 Å². The zero-order valence-electron chi connectivity index (χ0n) is 7.38. The van der Waals surface area contributed by atoms with Crippen molar-refractivity contribution in [3.05, 3.63) is 0 Å². The van der Waals surface area contributed by atoms with E-state index in [4.69, 9.17) is 20.4 Å². The maximum absolute atomic E-state index is 11.1. The summed E-state index contributed by atoms with van der Waals surface area (Å²) >= 11 is 0. The first-order valence-electron chi connectivity index (χ1n) is 3.93. The zero-order valence-corrected chi connectivity index (χ0v) is 8.38. The van der Waals surface area contributed by atoms with Gasteiger partial charge in [-0.1, -0.05) is 0 Å². The summed E-state index contributed by atoms with van der Waals surface area (Å²) in [5, 5.41) is 36.5. The van der Waals surface area contributed by atoms with E-state index in [-0.39, 0.29) is 6.16 Å². The molecule has 0 amide bonds. The Balaban J connectivity index is 3.97. The fourth-order valence-corrected chi connectivity index (χ4v) is 2.00. The molecule has 0 radical (unpaired) electrons. The number of carbonyl (C=O) groups is 1. The Kier molecular flexibility index (Phi) is 6.69. The van der Waals surface area contributed by atoms with E-state index in [9.17, 15) is 9.36 Å². The predicted molar refractivity (Wildman–Crippen MR) is 48.6 cm³/mol. The fraction of sp³-hybridized carbons (Fsp3) is 0.833. The highest BCUT2D eigenvalue weighted by molar-refractivity contribution is 7.42. The summed E-state index contributed by atoms with van der Waals surface area (Å²) in [4.78, 5) is 10.4. The lowest BCUT2D eigenvalue weighted by molar-refractivity contribution is -0.139. The Hall–Kier alpha value is -0.460. The topological polar surface area (TPSA) is 127 Å². The van der Waals surface area contributed by atoms with E-state index >= 15 is 0 Å². The second-order valence-electron chi connectivity index (χ2n) is 2.68. The smallest absolute Gasteiger partial charge is 0.323 e. The van der Waals surface area contributed by atoms with E-state index < -0.39 is 39.3 Å². The monoisotopic (exact) mass is 227 g/mol. The molecule has 0 heterocycles. The highest BCUT2D eigenvalue weighted by atomic mass is 31.1. The molecule has 0 aliphatic heterocycles. The van der Waals surface area contributed by atoms with Crippen LogP contribution in [0.15, 0.2) is 0 Å². The van der Waals surface area contributed by atoms with Crippen molar-refractivity contribution in [2.75, 3.05) is 19.4 Å². The number of hydrogen-bond donors (Lipinski definition) is 5. The van der Waals surface area contributed by atoms with Crippen molar-refractivity contribution in [3.8, 4) is 0 Å². The molecule has 84 valence electrons. The molecule has 0 aliphatic carbocycles. The SMILES string of the molecule is O=C(O)C(CO)N[PH](=O)CC(O)CO. The minimum atomic E-state index is -2.51. The Morgan fingerprint density at radius 1 is 1.36 bits per heavy atom. The van der Waals surface area contributed by atoms with Gasteiger partial charge < -0.3 is 25.0 Å². The normalized spacial score (nSPS) is 17.4. The Labute approximate surface area is 81.2 Å². The van der Waals surface area contributed by atoms with Gasteiger partial charge in [-0.05, 0) is 0 Å². The van der Waals surface area contributed by atoms with Crippen LogP contribution in [0.1, 0.15) is 0 Å². The summed E-state index contributed by atoms with van der Waals surface area (Å²) in [6.45, 7) is -1.21. The highest BCUT2D eigenvalue weighted by Crippen LogP contribution is 2.16. The van der Waals surface area contributed by atoms with E-state index in [1.807, 2.05) is 0 Å². The standard InChI is InChI=1S/C6H14NO6P/c8-1-4(10)3-14(13)7-5(2-9)6(11)12/h4-5,8-10,14H,1-3H2,(H,7,13)(H,11,12). The third-order valence-corrected chi connectivity index (χ3v) is 2.96. The van der Waals surface area contributed by atoms with Crippen LogP contribution in [0.25, 0.3) is 0 Å². The van der Waals surface area contributed by atoms with Crippen LogP contribution in [0.5, 0.6) is 0 Å². The first kappa shape index (κ1) is 13.5. The fourth-order valence-electron chi connectivity index (χ4n) is 0.717. The summed E-state index contributed by atoms with van der Waals surface area (Å²) in [6.07, 6.45) is -1.35. The lowest BCUT2D eigenvalue weighted by Gasteiger charge is -2.12. The summed E-state index contributed by atoms with van der Waals surface area (Å²) in [6, 6.07) is -1.30. The number of carboxylic acid groups (broad SMARTS) is 1. The van der Waals surface area contributed by atoms with Crippen LogP contribution in [-0.2, 0) is 9.36 Å². The summed E-state index contributed by atoms with van der Waals surface area (Å²) in [5.74, 6) is -1.32. The zero-order chi connectivity index (χ0) is 11.1. The van der Waals surface area contributed by atoms with E-state index in [1.165, 1.54) is 0 Å². The van der Waals surface area contributed by atoms with Gasteiger partial charge in [-0.3, -0.25) is 9.88 Å². The van der Waals surface area contributed by atoms with Gasteiger partial charge in [0.1, 0.15) is 14.0 Å². The second-order valence-corrected chi connectivity index (χ2v) is 4.22. The lowest BCUT2D eigenvalue weighted by Crippen LogP contribution is -2.36. The molecule has 0 saturated carbocycles. The first-order chi connectivity index (χ1) is 6.51. The van der Waals surface area contributed by atoms with Gasteiger partial charge >= 0.3 is 5.97 Å². The molecule has 3 unspecified atom stereocenters. The second kappa shape index (κ2) is 6.92. The number of nitrogens with one attached hydrogen (secondary N) is 1. The summed E-state index contributed by atoms with van der Waals surface area (Å²) in [7, 11) is -2.51. The van der Waals surface area contributed by atoms with Crippen molar-refractivity contribution >= 4 is 13.9 Å². The molecule has 0 aromatic rings. The maximum atomic E-state index is 11.1. The molecule has 0 aliphatic rings. The Morgan fingerprint density at radius 3 is 2.29 bits per heavy atom. The van der Waals surface area contributed by atoms with Gasteiger partial charge in [-0.25, -0.2) is 0 Å². The average Bonchev–Trinajstić information content (AvgIpc) is 2.13. The first-order valence-corrected chi connectivity index (χ1v) is 5.54. The Morgan fingerprint density at radius 2 is 1.93 bits per heavy atom. The average molecular weight is 227 g/mol. The van der Waals surface area contributed by atoms with Crippen molar-refractivity contribution in [2.24, 2.45) is 0 Å². The van der Waals surface area contributed by atoms with Crippen LogP contribution in [-0.4, -0.2) is 57.9 Å². The molecule has 7 nitrogen and oxygen atoms in total. The van der Waals surface area contributed by atoms with Crippen LogP contribution in [0.3, 0.4) is 0 Å². The van der Waals surface area contributed by atoms with Gasteiger partial charge in [-0.2, -0.15) is 0 Å². The predicted octanol–water partition coefficient (Wildman–Crippen LogP) is -2.15. The van der Waals surface area contributed by atoms with Crippen LogP contribution in [0.4, 0.5) is 0 Å². The largest absolute Gasteiger partial charge is 0.480 e. The molecule has 0 saturated heterocycles. The molecule has 3 atom stereocenters. The molecule has 8 heteroatoms. The van der Waals surface area contributed by atoms with Crippen molar-refractivity contribution in [1.29, 1.82) is 0 Å². The van der Waals surface area contributed by atoms with E-state index in [2.05, 4.69) is 5.09 Å². The van der Waals surface area contributed by atoms with Crippen LogP contribution in [0, 0.1) is 0 Å². The minimum Gasteiger partial charge on any atom is -0.480 e. The van der Waals surface area contributed by atoms with Gasteiger partial charge in [0.25, 0.3) is 0 Å². The van der Waals surface area contributed by atoms with E-state index in [0.717, 1.165) is 0 Å². The van der Waals surface area contributed by atoms with Gasteiger partial charge in [0.2, 0.25) is 0 Å². The van der Waals surface area contributed by atoms with Crippen LogP contribution < -0.4 is 5.09 Å². The maximum Gasteiger partial charge on any atom is 0.323 e. The molecule has 0 bridgehead atoms. The number of aliphatic hydroxyl groups is 3. The van der Waals surface area contributed by atoms with Gasteiger partial charge in [-0.15, -0.1) is 0 Å².